The summed E-state index contributed by atoms with van der Waals surface area (Å²) in [7, 11) is -1.87. The zero-order chi connectivity index (χ0) is 22.3. The molecule has 2 N–H and O–H groups in total. The van der Waals surface area contributed by atoms with Gasteiger partial charge in [0.1, 0.15) is 5.60 Å². The van der Waals surface area contributed by atoms with Crippen LogP contribution in [-0.4, -0.2) is 44.4 Å². The molecule has 0 saturated heterocycles. The molecule has 0 aliphatic rings. The van der Waals surface area contributed by atoms with Crippen LogP contribution < -0.4 is 5.32 Å². The van der Waals surface area contributed by atoms with Gasteiger partial charge in [0.05, 0.1) is 12.6 Å². The standard InChI is InChI=1S/C22H47NO4Si/c1-16(2)28(17(3)4,18(5)6)26-13-12-22(10,11)14-19(15-24)23-20(25)27-21(7,8)9/h16-19,24H,12-15H2,1-11H3,(H,23,25)/t19-/m0/s1. The normalized spacial score (nSPS) is 14.7. The number of amides is 1. The first-order chi connectivity index (χ1) is 12.6. The van der Waals surface area contributed by atoms with Crippen molar-refractivity contribution in [1.82, 2.24) is 5.32 Å². The van der Waals surface area contributed by atoms with Gasteiger partial charge in [0.2, 0.25) is 0 Å². The highest BCUT2D eigenvalue weighted by atomic mass is 28.4. The van der Waals surface area contributed by atoms with E-state index in [9.17, 15) is 9.90 Å². The molecule has 0 aromatic rings. The predicted octanol–water partition coefficient (Wildman–Crippen LogP) is 5.87. The lowest BCUT2D eigenvalue weighted by atomic mass is 9.83. The Kier molecular flexibility index (Phi) is 10.7. The summed E-state index contributed by atoms with van der Waals surface area (Å²) in [5.41, 5.74) is 1.08. The second kappa shape index (κ2) is 11.0. The molecule has 0 saturated carbocycles. The van der Waals surface area contributed by atoms with Gasteiger partial charge in [-0.25, -0.2) is 4.79 Å². The summed E-state index contributed by atoms with van der Waals surface area (Å²) in [5, 5.41) is 12.5. The van der Waals surface area contributed by atoms with Crippen LogP contribution in [0.1, 0.15) is 89.0 Å². The molecule has 6 heteroatoms. The van der Waals surface area contributed by atoms with Crippen molar-refractivity contribution in [3.8, 4) is 0 Å². The van der Waals surface area contributed by atoms with Gasteiger partial charge in [-0.2, -0.15) is 0 Å². The van der Waals surface area contributed by atoms with Crippen molar-refractivity contribution in [2.24, 2.45) is 5.41 Å². The lowest BCUT2D eigenvalue weighted by Gasteiger charge is -2.43. The molecule has 0 aromatic carbocycles. The van der Waals surface area contributed by atoms with Crippen LogP contribution in [0.5, 0.6) is 0 Å². The van der Waals surface area contributed by atoms with E-state index >= 15 is 0 Å². The average Bonchev–Trinajstić information content (AvgIpc) is 2.47. The van der Waals surface area contributed by atoms with E-state index in [-0.39, 0.29) is 18.1 Å². The van der Waals surface area contributed by atoms with Crippen molar-refractivity contribution in [2.45, 2.75) is 117 Å². The summed E-state index contributed by atoms with van der Waals surface area (Å²) in [6.45, 7) is 24.2. The third-order valence-corrected chi connectivity index (χ3v) is 11.7. The molecule has 0 heterocycles. The highest BCUT2D eigenvalue weighted by Gasteiger charge is 2.45. The zero-order valence-corrected chi connectivity index (χ0v) is 21.3. The maximum Gasteiger partial charge on any atom is 0.407 e. The fourth-order valence-electron chi connectivity index (χ4n) is 4.41. The van der Waals surface area contributed by atoms with Gasteiger partial charge in [-0.15, -0.1) is 0 Å². The molecule has 0 aromatic heterocycles. The van der Waals surface area contributed by atoms with Crippen molar-refractivity contribution in [2.75, 3.05) is 13.2 Å². The van der Waals surface area contributed by atoms with Crippen molar-refractivity contribution in [1.29, 1.82) is 0 Å². The minimum absolute atomic E-state index is 0.0620. The molecule has 28 heavy (non-hydrogen) atoms. The van der Waals surface area contributed by atoms with Gasteiger partial charge >= 0.3 is 6.09 Å². The third kappa shape index (κ3) is 8.83. The van der Waals surface area contributed by atoms with E-state index in [2.05, 4.69) is 60.7 Å². The Labute approximate surface area is 175 Å². The van der Waals surface area contributed by atoms with Crippen LogP contribution >= 0.6 is 0 Å². The molecule has 1 amide bonds. The minimum Gasteiger partial charge on any atom is -0.444 e. The summed E-state index contributed by atoms with van der Waals surface area (Å²) in [4.78, 5) is 12.0. The molecule has 5 nitrogen and oxygen atoms in total. The number of hydrogen-bond acceptors (Lipinski definition) is 4. The van der Waals surface area contributed by atoms with Crippen molar-refractivity contribution in [3.05, 3.63) is 0 Å². The van der Waals surface area contributed by atoms with E-state index in [0.29, 0.717) is 23.0 Å². The van der Waals surface area contributed by atoms with Gasteiger partial charge in [0, 0.05) is 6.61 Å². The number of nitrogens with one attached hydrogen (secondary N) is 1. The first kappa shape index (κ1) is 27.4. The average molecular weight is 418 g/mol. The van der Waals surface area contributed by atoms with Crippen molar-refractivity contribution in [3.63, 3.8) is 0 Å². The second-order valence-corrected chi connectivity index (χ2v) is 16.3. The van der Waals surface area contributed by atoms with E-state index < -0.39 is 20.0 Å². The minimum atomic E-state index is -1.87. The second-order valence-electron chi connectivity index (χ2n) is 10.8. The maximum atomic E-state index is 12.0. The maximum absolute atomic E-state index is 12.0. The number of aliphatic hydroxyl groups excluding tert-OH is 1. The summed E-state index contributed by atoms with van der Waals surface area (Å²) in [5.74, 6) is 0. The monoisotopic (exact) mass is 417 g/mol. The van der Waals surface area contributed by atoms with Gasteiger partial charge in [-0.3, -0.25) is 0 Å². The smallest absolute Gasteiger partial charge is 0.407 e. The number of hydrogen-bond donors (Lipinski definition) is 2. The summed E-state index contributed by atoms with van der Waals surface area (Å²) >= 11 is 0. The fourth-order valence-corrected chi connectivity index (χ4v) is 9.86. The van der Waals surface area contributed by atoms with Crippen LogP contribution in [-0.2, 0) is 9.16 Å². The van der Waals surface area contributed by atoms with E-state index in [1.54, 1.807) is 0 Å². The summed E-state index contributed by atoms with van der Waals surface area (Å²) in [6, 6.07) is -0.327. The highest BCUT2D eigenvalue weighted by molar-refractivity contribution is 6.77. The summed E-state index contributed by atoms with van der Waals surface area (Å²) < 4.78 is 12.0. The van der Waals surface area contributed by atoms with Crippen LogP contribution in [0.15, 0.2) is 0 Å². The Morgan fingerprint density at radius 1 is 0.964 bits per heavy atom. The first-order valence-corrected chi connectivity index (χ1v) is 13.0. The highest BCUT2D eigenvalue weighted by Crippen LogP contribution is 2.42. The summed E-state index contributed by atoms with van der Waals surface area (Å²) in [6.07, 6.45) is 1.08. The Hall–Kier alpha value is -0.593. The first-order valence-electron chi connectivity index (χ1n) is 10.8. The molecule has 0 radical (unpaired) electrons. The number of alkyl carbamates (subject to hydrolysis) is 1. The molecular formula is C22H47NO4Si. The third-order valence-electron chi connectivity index (χ3n) is 5.58. The predicted molar refractivity (Wildman–Crippen MR) is 120 cm³/mol. The SMILES string of the molecule is CC(C)[Si](OCCC(C)(C)C[C@@H](CO)NC(=O)OC(C)(C)C)(C(C)C)C(C)C. The lowest BCUT2D eigenvalue weighted by molar-refractivity contribution is 0.0457. The Morgan fingerprint density at radius 3 is 1.79 bits per heavy atom. The van der Waals surface area contributed by atoms with Gasteiger partial charge in [-0.05, 0) is 55.7 Å². The van der Waals surface area contributed by atoms with E-state index in [1.165, 1.54) is 0 Å². The van der Waals surface area contributed by atoms with Crippen LogP contribution in [0.4, 0.5) is 4.79 Å². The molecule has 0 unspecified atom stereocenters. The van der Waals surface area contributed by atoms with E-state index in [4.69, 9.17) is 9.16 Å². The van der Waals surface area contributed by atoms with Crippen molar-refractivity contribution >= 4 is 14.4 Å². The molecule has 0 aliphatic carbocycles. The Morgan fingerprint density at radius 2 is 1.43 bits per heavy atom. The molecule has 1 atom stereocenters. The molecular weight excluding hydrogens is 370 g/mol. The molecule has 0 spiro atoms. The molecule has 0 fully saturated rings. The van der Waals surface area contributed by atoms with Crippen LogP contribution in [0.25, 0.3) is 0 Å². The number of carbonyl (C=O) groups is 1. The van der Waals surface area contributed by atoms with Crippen molar-refractivity contribution < 1.29 is 19.1 Å². The zero-order valence-electron chi connectivity index (χ0n) is 20.3. The molecule has 0 aliphatic heterocycles. The quantitative estimate of drug-likeness (QED) is 0.412. The number of carbonyl (C=O) groups excluding carboxylic acids is 1. The van der Waals surface area contributed by atoms with E-state index in [1.807, 2.05) is 20.8 Å². The van der Waals surface area contributed by atoms with Gasteiger partial charge in [-0.1, -0.05) is 55.4 Å². The van der Waals surface area contributed by atoms with E-state index in [0.717, 1.165) is 13.0 Å². The largest absolute Gasteiger partial charge is 0.444 e. The lowest BCUT2D eigenvalue weighted by Crippen LogP contribution is -2.48. The Balaban J connectivity index is 4.87. The number of aliphatic hydroxyl groups is 1. The number of rotatable bonds is 11. The topological polar surface area (TPSA) is 67.8 Å². The molecule has 168 valence electrons. The van der Waals surface area contributed by atoms with Gasteiger partial charge < -0.3 is 19.6 Å². The van der Waals surface area contributed by atoms with Crippen LogP contribution in [0.2, 0.25) is 16.6 Å². The fraction of sp³-hybridized carbons (Fsp3) is 0.955. The van der Waals surface area contributed by atoms with Crippen LogP contribution in [0.3, 0.4) is 0 Å². The number of ether oxygens (including phenoxy) is 1. The molecule has 0 bridgehead atoms. The van der Waals surface area contributed by atoms with Gasteiger partial charge in [0.15, 0.2) is 8.32 Å². The molecule has 0 rings (SSSR count). The van der Waals surface area contributed by atoms with Gasteiger partial charge in [0.25, 0.3) is 0 Å². The van der Waals surface area contributed by atoms with Crippen LogP contribution in [0, 0.1) is 5.41 Å². The Bertz CT molecular complexity index is 448.